The second-order valence-electron chi connectivity index (χ2n) is 6.15. The maximum atomic E-state index is 12.1. The Balaban J connectivity index is 1.81. The van der Waals surface area contributed by atoms with Crippen molar-refractivity contribution in [2.24, 2.45) is 5.92 Å². The van der Waals surface area contributed by atoms with Gasteiger partial charge in [0.15, 0.2) is 0 Å². The van der Waals surface area contributed by atoms with Gasteiger partial charge in [-0.25, -0.2) is 13.1 Å². The number of nitrogens with one attached hydrogen (secondary N) is 2. The van der Waals surface area contributed by atoms with Crippen LogP contribution in [0.15, 0.2) is 59.5 Å². The van der Waals surface area contributed by atoms with Gasteiger partial charge in [-0.15, -0.1) is 0 Å². The SMILES string of the molecule is CC(Cc1ccc(NC(=O)CCNS(=O)(=O)c2ccccc2)cc1)C(=O)O. The fourth-order valence-corrected chi connectivity index (χ4v) is 3.42. The summed E-state index contributed by atoms with van der Waals surface area (Å²) in [7, 11) is -3.63. The van der Waals surface area contributed by atoms with Crippen molar-refractivity contribution in [3.05, 3.63) is 60.2 Å². The molecule has 3 N–H and O–H groups in total. The van der Waals surface area contributed by atoms with E-state index in [4.69, 9.17) is 5.11 Å². The lowest BCUT2D eigenvalue weighted by Crippen LogP contribution is -2.27. The molecule has 1 atom stereocenters. The first-order chi connectivity index (χ1) is 12.8. The van der Waals surface area contributed by atoms with Crippen molar-refractivity contribution < 1.29 is 23.1 Å². The van der Waals surface area contributed by atoms with E-state index in [0.717, 1.165) is 5.56 Å². The summed E-state index contributed by atoms with van der Waals surface area (Å²) in [5.74, 6) is -1.66. The zero-order valence-corrected chi connectivity index (χ0v) is 15.7. The Morgan fingerprint density at radius 1 is 1.04 bits per heavy atom. The number of amides is 1. The van der Waals surface area contributed by atoms with E-state index < -0.39 is 21.9 Å². The number of carbonyl (C=O) groups excluding carboxylic acids is 1. The Bertz CT molecular complexity index is 880. The number of hydrogen-bond acceptors (Lipinski definition) is 4. The molecule has 0 fully saturated rings. The molecule has 0 saturated carbocycles. The molecule has 0 heterocycles. The van der Waals surface area contributed by atoms with E-state index in [1.165, 1.54) is 12.1 Å². The van der Waals surface area contributed by atoms with Gasteiger partial charge < -0.3 is 10.4 Å². The van der Waals surface area contributed by atoms with Gasteiger partial charge in [-0.05, 0) is 36.2 Å². The molecule has 0 aliphatic rings. The second-order valence-corrected chi connectivity index (χ2v) is 7.92. The van der Waals surface area contributed by atoms with Gasteiger partial charge in [0.05, 0.1) is 10.8 Å². The number of carbonyl (C=O) groups is 2. The standard InChI is InChI=1S/C19H22N2O5S/c1-14(19(23)24)13-15-7-9-16(10-8-15)21-18(22)11-12-20-27(25,26)17-5-3-2-4-6-17/h2-10,14,20H,11-13H2,1H3,(H,21,22)(H,23,24). The molecule has 8 heteroatoms. The molecule has 27 heavy (non-hydrogen) atoms. The maximum Gasteiger partial charge on any atom is 0.306 e. The molecule has 2 aromatic rings. The average molecular weight is 390 g/mol. The maximum absolute atomic E-state index is 12.1. The van der Waals surface area contributed by atoms with Crippen LogP contribution in [0.5, 0.6) is 0 Å². The molecule has 0 saturated heterocycles. The largest absolute Gasteiger partial charge is 0.481 e. The molecule has 1 unspecified atom stereocenters. The summed E-state index contributed by atoms with van der Waals surface area (Å²) in [5.41, 5.74) is 1.43. The van der Waals surface area contributed by atoms with Crippen LogP contribution in [0.25, 0.3) is 0 Å². The summed E-state index contributed by atoms with van der Waals surface area (Å²) in [4.78, 5) is 23.0. The van der Waals surface area contributed by atoms with Crippen LogP contribution in [0, 0.1) is 5.92 Å². The summed E-state index contributed by atoms with van der Waals surface area (Å²) >= 11 is 0. The van der Waals surface area contributed by atoms with Crippen molar-refractivity contribution in [3.8, 4) is 0 Å². The van der Waals surface area contributed by atoms with Gasteiger partial charge in [-0.1, -0.05) is 37.3 Å². The Hall–Kier alpha value is -2.71. The van der Waals surface area contributed by atoms with E-state index in [0.29, 0.717) is 12.1 Å². The molecule has 1 amide bonds. The molecule has 0 radical (unpaired) electrons. The molecule has 0 spiro atoms. The van der Waals surface area contributed by atoms with Crippen LogP contribution in [0.2, 0.25) is 0 Å². The lowest BCUT2D eigenvalue weighted by molar-refractivity contribution is -0.141. The highest BCUT2D eigenvalue weighted by Crippen LogP contribution is 2.14. The summed E-state index contributed by atoms with van der Waals surface area (Å²) in [6, 6.07) is 14.8. The van der Waals surface area contributed by atoms with Crippen molar-refractivity contribution >= 4 is 27.6 Å². The number of carboxylic acid groups (broad SMARTS) is 1. The van der Waals surface area contributed by atoms with E-state index in [9.17, 15) is 18.0 Å². The monoisotopic (exact) mass is 390 g/mol. The van der Waals surface area contributed by atoms with Gasteiger partial charge in [0.1, 0.15) is 0 Å². The summed E-state index contributed by atoms with van der Waals surface area (Å²) in [6.45, 7) is 1.62. The quantitative estimate of drug-likeness (QED) is 0.608. The predicted octanol–water partition coefficient (Wildman–Crippen LogP) is 2.26. The minimum atomic E-state index is -3.63. The molecule has 7 nitrogen and oxygen atoms in total. The van der Waals surface area contributed by atoms with E-state index in [1.54, 1.807) is 49.4 Å². The van der Waals surface area contributed by atoms with Crippen LogP contribution < -0.4 is 10.0 Å². The third kappa shape index (κ3) is 6.50. The van der Waals surface area contributed by atoms with Crippen molar-refractivity contribution in [1.29, 1.82) is 0 Å². The number of sulfonamides is 1. The summed E-state index contributed by atoms with van der Waals surface area (Å²) in [5, 5.41) is 11.6. The number of carboxylic acids is 1. The minimum Gasteiger partial charge on any atom is -0.481 e. The van der Waals surface area contributed by atoms with Crippen LogP contribution in [0.1, 0.15) is 18.9 Å². The second kappa shape index (κ2) is 9.29. The van der Waals surface area contributed by atoms with Crippen molar-refractivity contribution in [3.63, 3.8) is 0 Å². The van der Waals surface area contributed by atoms with Gasteiger partial charge in [0.2, 0.25) is 15.9 Å². The molecule has 0 aromatic heterocycles. The Kier molecular flexibility index (Phi) is 7.09. The van der Waals surface area contributed by atoms with Crippen LogP contribution >= 0.6 is 0 Å². The number of benzene rings is 2. The molecule has 2 rings (SSSR count). The van der Waals surface area contributed by atoms with Crippen LogP contribution in [0.3, 0.4) is 0 Å². The lowest BCUT2D eigenvalue weighted by atomic mass is 10.0. The lowest BCUT2D eigenvalue weighted by Gasteiger charge is -2.09. The third-order valence-corrected chi connectivity index (χ3v) is 5.38. The first-order valence-corrected chi connectivity index (χ1v) is 9.92. The van der Waals surface area contributed by atoms with E-state index >= 15 is 0 Å². The molecular weight excluding hydrogens is 368 g/mol. The molecule has 2 aromatic carbocycles. The van der Waals surface area contributed by atoms with Crippen molar-refractivity contribution in [2.75, 3.05) is 11.9 Å². The van der Waals surface area contributed by atoms with Crippen molar-refractivity contribution in [1.82, 2.24) is 4.72 Å². The van der Waals surface area contributed by atoms with Crippen molar-refractivity contribution in [2.45, 2.75) is 24.7 Å². The highest BCUT2D eigenvalue weighted by Gasteiger charge is 2.14. The van der Waals surface area contributed by atoms with Gasteiger partial charge in [-0.2, -0.15) is 0 Å². The van der Waals surface area contributed by atoms with Crippen LogP contribution in [-0.2, 0) is 26.0 Å². The highest BCUT2D eigenvalue weighted by atomic mass is 32.2. The minimum absolute atomic E-state index is 0.0101. The van der Waals surface area contributed by atoms with E-state index in [-0.39, 0.29) is 23.8 Å². The zero-order valence-electron chi connectivity index (χ0n) is 14.9. The topological polar surface area (TPSA) is 113 Å². The third-order valence-electron chi connectivity index (χ3n) is 3.90. The molecule has 0 aliphatic heterocycles. The molecule has 144 valence electrons. The van der Waals surface area contributed by atoms with Gasteiger partial charge >= 0.3 is 5.97 Å². The van der Waals surface area contributed by atoms with Crippen LogP contribution in [-0.4, -0.2) is 31.9 Å². The fourth-order valence-electron chi connectivity index (χ4n) is 2.37. The number of anilines is 1. The van der Waals surface area contributed by atoms with Gasteiger partial charge in [-0.3, -0.25) is 9.59 Å². The predicted molar refractivity (Wildman–Crippen MR) is 102 cm³/mol. The number of aliphatic carboxylic acids is 1. The summed E-state index contributed by atoms with van der Waals surface area (Å²) < 4.78 is 26.5. The van der Waals surface area contributed by atoms with Gasteiger partial charge in [0.25, 0.3) is 0 Å². The first kappa shape index (κ1) is 20.6. The average Bonchev–Trinajstić information content (AvgIpc) is 2.64. The Morgan fingerprint density at radius 2 is 1.67 bits per heavy atom. The normalized spacial score (nSPS) is 12.3. The van der Waals surface area contributed by atoms with E-state index in [1.807, 2.05) is 0 Å². The Morgan fingerprint density at radius 3 is 2.26 bits per heavy atom. The Labute approximate surface area is 158 Å². The number of rotatable bonds is 9. The van der Waals surface area contributed by atoms with E-state index in [2.05, 4.69) is 10.0 Å². The first-order valence-electron chi connectivity index (χ1n) is 8.44. The highest BCUT2D eigenvalue weighted by molar-refractivity contribution is 7.89. The zero-order chi connectivity index (χ0) is 19.9. The molecule has 0 bridgehead atoms. The summed E-state index contributed by atoms with van der Waals surface area (Å²) in [6.07, 6.45) is 0.398. The fraction of sp³-hybridized carbons (Fsp3) is 0.263. The molecule has 0 aliphatic carbocycles. The molecular formula is C19H22N2O5S. The van der Waals surface area contributed by atoms with Crippen LogP contribution in [0.4, 0.5) is 5.69 Å². The van der Waals surface area contributed by atoms with Gasteiger partial charge in [0, 0.05) is 18.7 Å². The number of hydrogen-bond donors (Lipinski definition) is 3. The smallest absolute Gasteiger partial charge is 0.306 e.